The third-order valence-electron chi connectivity index (χ3n) is 2.98. The summed E-state index contributed by atoms with van der Waals surface area (Å²) in [6.07, 6.45) is -0.185. The van der Waals surface area contributed by atoms with Crippen LogP contribution in [0.15, 0.2) is 18.2 Å². The van der Waals surface area contributed by atoms with Crippen LogP contribution in [0.3, 0.4) is 0 Å². The number of carboxylic acids is 1. The van der Waals surface area contributed by atoms with E-state index in [0.717, 1.165) is 0 Å². The molecule has 1 aromatic rings. The Morgan fingerprint density at radius 1 is 1.23 bits per heavy atom. The first-order chi connectivity index (χ1) is 10.2. The van der Waals surface area contributed by atoms with E-state index < -0.39 is 17.3 Å². The van der Waals surface area contributed by atoms with E-state index in [1.165, 1.54) is 27.9 Å². The van der Waals surface area contributed by atoms with E-state index in [1.807, 2.05) is 0 Å². The molecule has 3 N–H and O–H groups in total. The van der Waals surface area contributed by atoms with Gasteiger partial charge in [0.1, 0.15) is 5.75 Å². The zero-order valence-electron chi connectivity index (χ0n) is 13.0. The van der Waals surface area contributed by atoms with Gasteiger partial charge in [0.25, 0.3) is 0 Å². The fraction of sp³-hybridized carbons (Fsp3) is 0.400. The van der Waals surface area contributed by atoms with Crippen LogP contribution in [0.5, 0.6) is 5.75 Å². The number of anilines is 2. The molecule has 0 spiro atoms. The number of aliphatic carboxylic acids is 1. The first-order valence-electron chi connectivity index (χ1n) is 6.64. The van der Waals surface area contributed by atoms with Crippen LogP contribution in [0.25, 0.3) is 0 Å². The number of methoxy groups -OCH3 is 1. The number of carboxylic acid groups (broad SMARTS) is 1. The van der Waals surface area contributed by atoms with E-state index in [-0.39, 0.29) is 12.3 Å². The molecule has 0 aliphatic heterocycles. The molecule has 0 unspecified atom stereocenters. The highest BCUT2D eigenvalue weighted by molar-refractivity contribution is 5.96. The second-order valence-electron chi connectivity index (χ2n) is 5.51. The number of nitrogens with one attached hydrogen (secondary N) is 2. The van der Waals surface area contributed by atoms with Gasteiger partial charge in [0.15, 0.2) is 0 Å². The van der Waals surface area contributed by atoms with Gasteiger partial charge in [-0.2, -0.15) is 0 Å². The van der Waals surface area contributed by atoms with E-state index in [0.29, 0.717) is 17.1 Å². The van der Waals surface area contributed by atoms with Crippen molar-refractivity contribution in [2.24, 2.45) is 5.41 Å². The predicted octanol–water partition coefficient (Wildman–Crippen LogP) is 2.09. The molecule has 0 aromatic heterocycles. The number of ether oxygens (including phenoxy) is 1. The van der Waals surface area contributed by atoms with Gasteiger partial charge in [-0.05, 0) is 32.0 Å². The molecular formula is C15H20N2O5. The van der Waals surface area contributed by atoms with Gasteiger partial charge in [0.2, 0.25) is 11.8 Å². The standard InChI is InChI=1S/C15H20N2O5/c1-9(18)16-10-5-6-12(22-4)11(7-10)17-13(19)8-15(2,3)14(20)21/h5-7H,8H2,1-4H3,(H,16,18)(H,17,19)(H,20,21). The number of rotatable bonds is 6. The summed E-state index contributed by atoms with van der Waals surface area (Å²) >= 11 is 0. The van der Waals surface area contributed by atoms with Crippen molar-refractivity contribution in [1.82, 2.24) is 0 Å². The van der Waals surface area contributed by atoms with Crippen molar-refractivity contribution in [2.45, 2.75) is 27.2 Å². The topological polar surface area (TPSA) is 105 Å². The summed E-state index contributed by atoms with van der Waals surface area (Å²) in [4.78, 5) is 34.1. The summed E-state index contributed by atoms with van der Waals surface area (Å²) in [7, 11) is 1.45. The molecule has 7 nitrogen and oxygen atoms in total. The van der Waals surface area contributed by atoms with Gasteiger partial charge in [-0.25, -0.2) is 0 Å². The minimum atomic E-state index is -1.17. The van der Waals surface area contributed by atoms with E-state index in [2.05, 4.69) is 10.6 Å². The predicted molar refractivity (Wildman–Crippen MR) is 82.0 cm³/mol. The van der Waals surface area contributed by atoms with Gasteiger partial charge in [0.05, 0.1) is 18.2 Å². The molecule has 0 aliphatic carbocycles. The van der Waals surface area contributed by atoms with Crippen LogP contribution in [0.1, 0.15) is 27.2 Å². The Bertz CT molecular complexity index is 596. The molecule has 22 heavy (non-hydrogen) atoms. The first-order valence-corrected chi connectivity index (χ1v) is 6.64. The Labute approximate surface area is 128 Å². The second-order valence-corrected chi connectivity index (χ2v) is 5.51. The Hall–Kier alpha value is -2.57. The van der Waals surface area contributed by atoms with Crippen LogP contribution >= 0.6 is 0 Å². The lowest BCUT2D eigenvalue weighted by atomic mass is 9.89. The molecule has 1 aromatic carbocycles. The Morgan fingerprint density at radius 2 is 1.86 bits per heavy atom. The number of amides is 2. The quantitative estimate of drug-likeness (QED) is 0.746. The maximum atomic E-state index is 12.0. The van der Waals surface area contributed by atoms with Crippen molar-refractivity contribution < 1.29 is 24.2 Å². The fourth-order valence-electron chi connectivity index (χ4n) is 1.76. The second kappa shape index (κ2) is 6.93. The number of hydrogen-bond acceptors (Lipinski definition) is 4. The molecule has 120 valence electrons. The highest BCUT2D eigenvalue weighted by Gasteiger charge is 2.30. The van der Waals surface area contributed by atoms with E-state index >= 15 is 0 Å². The molecule has 1 rings (SSSR count). The van der Waals surface area contributed by atoms with Gasteiger partial charge < -0.3 is 20.5 Å². The summed E-state index contributed by atoms with van der Waals surface area (Å²) in [6, 6.07) is 4.78. The minimum Gasteiger partial charge on any atom is -0.495 e. The lowest BCUT2D eigenvalue weighted by Gasteiger charge is -2.19. The van der Waals surface area contributed by atoms with Crippen molar-refractivity contribution in [2.75, 3.05) is 17.7 Å². The highest BCUT2D eigenvalue weighted by atomic mass is 16.5. The molecule has 7 heteroatoms. The summed E-state index contributed by atoms with van der Waals surface area (Å²) < 4.78 is 5.14. The zero-order valence-corrected chi connectivity index (χ0v) is 13.0. The number of hydrogen-bond donors (Lipinski definition) is 3. The van der Waals surface area contributed by atoms with Crippen molar-refractivity contribution in [3.63, 3.8) is 0 Å². The molecular weight excluding hydrogens is 288 g/mol. The fourth-order valence-corrected chi connectivity index (χ4v) is 1.76. The SMILES string of the molecule is COc1ccc(NC(C)=O)cc1NC(=O)CC(C)(C)C(=O)O. The van der Waals surface area contributed by atoms with E-state index in [9.17, 15) is 14.4 Å². The highest BCUT2D eigenvalue weighted by Crippen LogP contribution is 2.29. The number of carbonyl (C=O) groups excluding carboxylic acids is 2. The van der Waals surface area contributed by atoms with Crippen LogP contribution in [0.2, 0.25) is 0 Å². The molecule has 0 saturated heterocycles. The van der Waals surface area contributed by atoms with Gasteiger partial charge >= 0.3 is 5.97 Å². The minimum absolute atomic E-state index is 0.185. The van der Waals surface area contributed by atoms with Crippen LogP contribution in [-0.4, -0.2) is 30.0 Å². The average molecular weight is 308 g/mol. The monoisotopic (exact) mass is 308 g/mol. The van der Waals surface area contributed by atoms with Gasteiger partial charge in [-0.15, -0.1) is 0 Å². The number of carbonyl (C=O) groups is 3. The molecule has 0 radical (unpaired) electrons. The largest absolute Gasteiger partial charge is 0.495 e. The van der Waals surface area contributed by atoms with Gasteiger partial charge in [0, 0.05) is 19.0 Å². The third kappa shape index (κ3) is 4.76. The summed E-state index contributed by atoms with van der Waals surface area (Å²) in [6.45, 7) is 4.32. The summed E-state index contributed by atoms with van der Waals surface area (Å²) in [5, 5.41) is 14.3. The zero-order chi connectivity index (χ0) is 16.9. The lowest BCUT2D eigenvalue weighted by molar-refractivity contribution is -0.149. The van der Waals surface area contributed by atoms with Crippen molar-refractivity contribution in [3.05, 3.63) is 18.2 Å². The van der Waals surface area contributed by atoms with Crippen molar-refractivity contribution in [1.29, 1.82) is 0 Å². The molecule has 0 aliphatic rings. The summed E-state index contributed by atoms with van der Waals surface area (Å²) in [5.41, 5.74) is -0.312. The van der Waals surface area contributed by atoms with Crippen LogP contribution in [0, 0.1) is 5.41 Å². The van der Waals surface area contributed by atoms with Crippen LogP contribution in [-0.2, 0) is 14.4 Å². The van der Waals surface area contributed by atoms with Gasteiger partial charge in [-0.1, -0.05) is 0 Å². The van der Waals surface area contributed by atoms with E-state index in [4.69, 9.17) is 9.84 Å². The molecule has 0 bridgehead atoms. The molecule has 0 atom stereocenters. The third-order valence-corrected chi connectivity index (χ3v) is 2.98. The summed E-state index contributed by atoms with van der Waals surface area (Å²) in [5.74, 6) is -1.34. The van der Waals surface area contributed by atoms with Crippen molar-refractivity contribution in [3.8, 4) is 5.75 Å². The number of benzene rings is 1. The first kappa shape index (κ1) is 17.5. The average Bonchev–Trinajstić information content (AvgIpc) is 2.37. The molecule has 0 fully saturated rings. The van der Waals surface area contributed by atoms with Crippen molar-refractivity contribution >= 4 is 29.2 Å². The normalized spacial score (nSPS) is 10.7. The maximum absolute atomic E-state index is 12.0. The smallest absolute Gasteiger partial charge is 0.309 e. The van der Waals surface area contributed by atoms with Crippen LogP contribution in [0.4, 0.5) is 11.4 Å². The molecule has 0 heterocycles. The lowest BCUT2D eigenvalue weighted by Crippen LogP contribution is -2.29. The van der Waals surface area contributed by atoms with E-state index in [1.54, 1.807) is 18.2 Å². The maximum Gasteiger partial charge on any atom is 0.309 e. The molecule has 0 saturated carbocycles. The Morgan fingerprint density at radius 3 is 2.36 bits per heavy atom. The molecule has 2 amide bonds. The Balaban J connectivity index is 2.93. The van der Waals surface area contributed by atoms with Gasteiger partial charge in [-0.3, -0.25) is 14.4 Å². The van der Waals surface area contributed by atoms with Crippen LogP contribution < -0.4 is 15.4 Å². The Kier molecular flexibility index (Phi) is 5.50.